The van der Waals surface area contributed by atoms with Crippen LogP contribution in [0.5, 0.6) is 0 Å². The Morgan fingerprint density at radius 2 is 2.05 bits per heavy atom. The molecule has 0 bridgehead atoms. The van der Waals surface area contributed by atoms with Gasteiger partial charge in [0.2, 0.25) is 0 Å². The van der Waals surface area contributed by atoms with Crippen LogP contribution >= 0.6 is 11.6 Å². The predicted octanol–water partition coefficient (Wildman–Crippen LogP) is 3.07. The summed E-state index contributed by atoms with van der Waals surface area (Å²) < 4.78 is 1.99. The first kappa shape index (κ1) is 15.8. The Morgan fingerprint density at radius 1 is 1.40 bits per heavy atom. The minimum absolute atomic E-state index is 0.0278. The fraction of sp³-hybridized carbons (Fsp3) is 0.800. The SMILES string of the molecule is CN(C)CCn1ncc(Cl)c1C(N)C1(C)CCCCC1. The molecule has 2 N–H and O–H groups in total. The van der Waals surface area contributed by atoms with Crippen LogP contribution in [0, 0.1) is 5.41 Å². The summed E-state index contributed by atoms with van der Waals surface area (Å²) in [5.74, 6) is 0. The molecule has 1 aliphatic carbocycles. The molecule has 0 saturated heterocycles. The van der Waals surface area contributed by atoms with Gasteiger partial charge in [-0.15, -0.1) is 0 Å². The summed E-state index contributed by atoms with van der Waals surface area (Å²) in [4.78, 5) is 2.15. The molecule has 1 atom stereocenters. The van der Waals surface area contributed by atoms with E-state index >= 15 is 0 Å². The molecule has 4 nitrogen and oxygen atoms in total. The van der Waals surface area contributed by atoms with Crippen LogP contribution in [-0.2, 0) is 6.54 Å². The highest BCUT2D eigenvalue weighted by atomic mass is 35.5. The highest BCUT2D eigenvalue weighted by Gasteiger charge is 2.36. The number of likely N-dealkylation sites (N-methyl/N-ethyl adjacent to an activating group) is 1. The fourth-order valence-corrected chi connectivity index (χ4v) is 3.41. The first-order valence-electron chi connectivity index (χ1n) is 7.55. The van der Waals surface area contributed by atoms with Gasteiger partial charge in [-0.25, -0.2) is 0 Å². The summed E-state index contributed by atoms with van der Waals surface area (Å²) in [6, 6.07) is -0.0278. The summed E-state index contributed by atoms with van der Waals surface area (Å²) in [6.45, 7) is 4.07. The molecule has 1 aromatic rings. The second kappa shape index (κ2) is 6.46. The van der Waals surface area contributed by atoms with Gasteiger partial charge in [0.05, 0.1) is 29.5 Å². The summed E-state index contributed by atoms with van der Waals surface area (Å²) in [7, 11) is 4.13. The Labute approximate surface area is 127 Å². The van der Waals surface area contributed by atoms with Gasteiger partial charge < -0.3 is 10.6 Å². The van der Waals surface area contributed by atoms with Gasteiger partial charge in [0.1, 0.15) is 0 Å². The topological polar surface area (TPSA) is 47.1 Å². The van der Waals surface area contributed by atoms with E-state index in [-0.39, 0.29) is 11.5 Å². The lowest BCUT2D eigenvalue weighted by atomic mass is 9.70. The number of rotatable bonds is 5. The van der Waals surface area contributed by atoms with E-state index in [9.17, 15) is 0 Å². The zero-order chi connectivity index (χ0) is 14.8. The molecule has 114 valence electrons. The van der Waals surface area contributed by atoms with E-state index in [2.05, 4.69) is 31.0 Å². The molecular weight excluding hydrogens is 272 g/mol. The number of hydrogen-bond acceptors (Lipinski definition) is 3. The summed E-state index contributed by atoms with van der Waals surface area (Å²) in [5, 5.41) is 5.12. The Hall–Kier alpha value is -0.580. The zero-order valence-electron chi connectivity index (χ0n) is 12.9. The number of hydrogen-bond donors (Lipinski definition) is 1. The number of nitrogens with two attached hydrogens (primary N) is 1. The Bertz CT molecular complexity index is 435. The van der Waals surface area contributed by atoms with Crippen molar-refractivity contribution in [2.24, 2.45) is 11.1 Å². The van der Waals surface area contributed by atoms with Crippen LogP contribution in [0.4, 0.5) is 0 Å². The average molecular weight is 299 g/mol. The van der Waals surface area contributed by atoms with Crippen molar-refractivity contribution in [3.63, 3.8) is 0 Å². The lowest BCUT2D eigenvalue weighted by Gasteiger charge is -2.39. The second-order valence-corrected chi connectivity index (χ2v) is 7.00. The molecular formula is C15H27ClN4. The van der Waals surface area contributed by atoms with Crippen LogP contribution in [-0.4, -0.2) is 35.3 Å². The van der Waals surface area contributed by atoms with Crippen molar-refractivity contribution in [3.05, 3.63) is 16.9 Å². The van der Waals surface area contributed by atoms with Crippen LogP contribution < -0.4 is 5.73 Å². The maximum absolute atomic E-state index is 6.60. The van der Waals surface area contributed by atoms with Crippen LogP contribution in [0.25, 0.3) is 0 Å². The van der Waals surface area contributed by atoms with Crippen molar-refractivity contribution in [1.82, 2.24) is 14.7 Å². The molecule has 2 rings (SSSR count). The smallest absolute Gasteiger partial charge is 0.0834 e. The Morgan fingerprint density at radius 3 is 2.65 bits per heavy atom. The molecule has 5 heteroatoms. The van der Waals surface area contributed by atoms with E-state index in [0.29, 0.717) is 5.02 Å². The van der Waals surface area contributed by atoms with Crippen molar-refractivity contribution in [2.45, 2.75) is 51.6 Å². The highest BCUT2D eigenvalue weighted by molar-refractivity contribution is 6.31. The van der Waals surface area contributed by atoms with Crippen LogP contribution in [0.3, 0.4) is 0 Å². The third-order valence-electron chi connectivity index (χ3n) is 4.63. The van der Waals surface area contributed by atoms with Crippen molar-refractivity contribution < 1.29 is 0 Å². The highest BCUT2D eigenvalue weighted by Crippen LogP contribution is 2.45. The molecule has 0 amide bonds. The first-order valence-corrected chi connectivity index (χ1v) is 7.93. The molecule has 0 aromatic carbocycles. The van der Waals surface area contributed by atoms with Gasteiger partial charge in [0.15, 0.2) is 0 Å². The number of aromatic nitrogens is 2. The molecule has 0 radical (unpaired) electrons. The number of nitrogens with zero attached hydrogens (tertiary/aromatic N) is 3. The van der Waals surface area contributed by atoms with E-state index < -0.39 is 0 Å². The molecule has 1 aromatic heterocycles. The molecule has 1 heterocycles. The Kier molecular flexibility index (Phi) is 5.10. The third kappa shape index (κ3) is 3.35. The minimum atomic E-state index is -0.0278. The molecule has 1 saturated carbocycles. The van der Waals surface area contributed by atoms with E-state index in [0.717, 1.165) is 18.8 Å². The van der Waals surface area contributed by atoms with Gasteiger partial charge in [0.25, 0.3) is 0 Å². The Balaban J connectivity index is 2.19. The third-order valence-corrected chi connectivity index (χ3v) is 4.92. The van der Waals surface area contributed by atoms with Crippen molar-refractivity contribution in [2.75, 3.05) is 20.6 Å². The monoisotopic (exact) mass is 298 g/mol. The minimum Gasteiger partial charge on any atom is -0.322 e. The van der Waals surface area contributed by atoms with Gasteiger partial charge in [-0.2, -0.15) is 5.10 Å². The zero-order valence-corrected chi connectivity index (χ0v) is 13.7. The van der Waals surface area contributed by atoms with Gasteiger partial charge in [0, 0.05) is 6.54 Å². The van der Waals surface area contributed by atoms with Crippen LogP contribution in [0.2, 0.25) is 5.02 Å². The summed E-state index contributed by atoms with van der Waals surface area (Å²) in [5.41, 5.74) is 7.76. The maximum Gasteiger partial charge on any atom is 0.0834 e. The van der Waals surface area contributed by atoms with Gasteiger partial charge in [-0.3, -0.25) is 4.68 Å². The summed E-state index contributed by atoms with van der Waals surface area (Å²) >= 11 is 6.36. The van der Waals surface area contributed by atoms with E-state index in [1.54, 1.807) is 6.20 Å². The van der Waals surface area contributed by atoms with Crippen molar-refractivity contribution >= 4 is 11.6 Å². The van der Waals surface area contributed by atoms with Crippen molar-refractivity contribution in [3.8, 4) is 0 Å². The maximum atomic E-state index is 6.60. The van der Waals surface area contributed by atoms with Gasteiger partial charge in [-0.1, -0.05) is 37.8 Å². The van der Waals surface area contributed by atoms with E-state index in [1.165, 1.54) is 32.1 Å². The van der Waals surface area contributed by atoms with Crippen molar-refractivity contribution in [1.29, 1.82) is 0 Å². The quantitative estimate of drug-likeness (QED) is 0.909. The largest absolute Gasteiger partial charge is 0.322 e. The van der Waals surface area contributed by atoms with E-state index in [1.807, 2.05) is 4.68 Å². The fourth-order valence-electron chi connectivity index (χ4n) is 3.15. The van der Waals surface area contributed by atoms with Crippen LogP contribution in [0.1, 0.15) is 50.8 Å². The predicted molar refractivity (Wildman–Crippen MR) is 83.9 cm³/mol. The standard InChI is InChI=1S/C15H27ClN4/c1-15(7-5-4-6-8-15)14(17)13-12(16)11-18-20(13)10-9-19(2)3/h11,14H,4-10,17H2,1-3H3. The van der Waals surface area contributed by atoms with Gasteiger partial charge in [-0.05, 0) is 32.4 Å². The lowest BCUT2D eigenvalue weighted by molar-refractivity contribution is 0.163. The normalized spacial score (nSPS) is 20.3. The average Bonchev–Trinajstić information content (AvgIpc) is 2.77. The molecule has 1 unspecified atom stereocenters. The molecule has 20 heavy (non-hydrogen) atoms. The lowest BCUT2D eigenvalue weighted by Crippen LogP contribution is -2.36. The molecule has 0 aliphatic heterocycles. The molecule has 1 fully saturated rings. The first-order chi connectivity index (χ1) is 9.44. The molecule has 0 spiro atoms. The summed E-state index contributed by atoms with van der Waals surface area (Å²) in [6.07, 6.45) is 7.97. The van der Waals surface area contributed by atoms with Crippen LogP contribution in [0.15, 0.2) is 6.20 Å². The number of halogens is 1. The van der Waals surface area contributed by atoms with Gasteiger partial charge >= 0.3 is 0 Å². The second-order valence-electron chi connectivity index (χ2n) is 6.60. The van der Waals surface area contributed by atoms with E-state index in [4.69, 9.17) is 17.3 Å². The molecule has 1 aliphatic rings.